The SMILES string of the molecule is C1CCOC1.C=CC.CCC.CC[P+](c1ccccc1)(c1ccccc1)c1ccccc1.[2HH].[2HH].[2HH].c1ccc(P(c2ccccc2)c2ccccc2)cc1. The Morgan fingerprint density at radius 3 is 0.941 bits per heavy atom. The Balaban J connectivity index is 0.000000783. The zero-order valence-electron chi connectivity index (χ0n) is 31.2. The first-order chi connectivity index (χ1) is 25.2. The van der Waals surface area contributed by atoms with Crippen LogP contribution in [0.2, 0.25) is 0 Å². The van der Waals surface area contributed by atoms with Gasteiger partial charge in [0.25, 0.3) is 0 Å². The van der Waals surface area contributed by atoms with Gasteiger partial charge < -0.3 is 4.74 Å². The molecule has 0 aliphatic carbocycles. The van der Waals surface area contributed by atoms with Gasteiger partial charge in [-0.3, -0.25) is 0 Å². The van der Waals surface area contributed by atoms with Crippen LogP contribution in [-0.2, 0) is 4.74 Å². The second-order valence-corrected chi connectivity index (χ2v) is 17.9. The van der Waals surface area contributed by atoms with Crippen LogP contribution in [0, 0.1) is 0 Å². The van der Waals surface area contributed by atoms with Crippen molar-refractivity contribution in [2.45, 2.75) is 47.0 Å². The van der Waals surface area contributed by atoms with E-state index in [1.165, 1.54) is 51.1 Å². The molecule has 6 aromatic rings. The molecule has 270 valence electrons. The third-order valence-electron chi connectivity index (χ3n) is 7.94. The monoisotopic (exact) mass is 720 g/mol. The summed E-state index contributed by atoms with van der Waals surface area (Å²) in [6, 6.07) is 65.3. The molecule has 0 radical (unpaired) electrons. The predicted molar refractivity (Wildman–Crippen MR) is 239 cm³/mol. The highest BCUT2D eigenvalue weighted by Crippen LogP contribution is 2.54. The standard InChI is InChI=1S/C20H20P.C18H15P.C4H8O.C3H8.C3H6.3H2/c1-2-21(18-12-6-3-7-13-18,19-14-8-4-9-15-19)20-16-10-5-11-17-20;1-4-10-16(11-5-1)19(17-12-6-2-7-13-17)18-14-8-3-9-15-18;1-2-4-5-3-1;2*1-3-2;;;/h3-17H,2H2,1H3;1-15H;1-4H2;3H2,1-2H3;3H,1H2,2H3;3*1H/q+1;;;;;;;/i;;;;;3*1+1. The van der Waals surface area contributed by atoms with Crippen LogP contribution in [0.1, 0.15) is 51.2 Å². The lowest BCUT2D eigenvalue weighted by Gasteiger charge is -2.26. The minimum absolute atomic E-state index is 0. The predicted octanol–water partition coefficient (Wildman–Crippen LogP) is 11.6. The number of hydrogen-bond acceptors (Lipinski definition) is 1. The average molecular weight is 721 g/mol. The summed E-state index contributed by atoms with van der Waals surface area (Å²) < 4.78 is 4.94. The van der Waals surface area contributed by atoms with Gasteiger partial charge in [-0.15, -0.1) is 6.58 Å². The maximum Gasteiger partial charge on any atom is 0.111 e. The van der Waals surface area contributed by atoms with Gasteiger partial charge >= 0.3 is 0 Å². The molecule has 0 N–H and O–H groups in total. The Kier molecular flexibility index (Phi) is 20.2. The summed E-state index contributed by atoms with van der Waals surface area (Å²) in [5.74, 6) is 0. The van der Waals surface area contributed by atoms with E-state index >= 15 is 0 Å². The van der Waals surface area contributed by atoms with Crippen molar-refractivity contribution in [3.05, 3.63) is 195 Å². The third-order valence-corrected chi connectivity index (χ3v) is 14.9. The molecule has 0 bridgehead atoms. The van der Waals surface area contributed by atoms with Gasteiger partial charge in [-0.05, 0) is 86.9 Å². The summed E-state index contributed by atoms with van der Waals surface area (Å²) >= 11 is 0. The summed E-state index contributed by atoms with van der Waals surface area (Å²) in [7, 11) is -1.98. The third kappa shape index (κ3) is 13.2. The van der Waals surface area contributed by atoms with E-state index in [2.05, 4.69) is 209 Å². The summed E-state index contributed by atoms with van der Waals surface area (Å²) in [5, 5.41) is 8.58. The van der Waals surface area contributed by atoms with E-state index in [1.807, 2.05) is 6.92 Å². The maximum absolute atomic E-state index is 4.94. The first-order valence-corrected chi connectivity index (χ1v) is 21.6. The van der Waals surface area contributed by atoms with Crippen LogP contribution in [0.25, 0.3) is 0 Å². The van der Waals surface area contributed by atoms with Crippen LogP contribution in [0.15, 0.2) is 195 Å². The molecule has 1 fully saturated rings. The van der Waals surface area contributed by atoms with Crippen molar-refractivity contribution in [1.82, 2.24) is 0 Å². The molecule has 0 aromatic heterocycles. The Hall–Kier alpha value is -4.12. The van der Waals surface area contributed by atoms with Crippen LogP contribution in [0.3, 0.4) is 0 Å². The largest absolute Gasteiger partial charge is 0.381 e. The minimum atomic E-state index is -1.53. The summed E-state index contributed by atoms with van der Waals surface area (Å²) in [6.07, 6.45) is 6.70. The molecular formula is C48H63OP2+. The lowest BCUT2D eigenvalue weighted by Crippen LogP contribution is -2.32. The van der Waals surface area contributed by atoms with Crippen molar-refractivity contribution in [3.63, 3.8) is 0 Å². The van der Waals surface area contributed by atoms with Gasteiger partial charge in [0.05, 0.1) is 6.16 Å². The zero-order chi connectivity index (χ0) is 36.4. The number of ether oxygens (including phenoxy) is 1. The smallest absolute Gasteiger partial charge is 0.111 e. The van der Waals surface area contributed by atoms with E-state index in [0.717, 1.165) is 19.4 Å². The van der Waals surface area contributed by atoms with Crippen molar-refractivity contribution in [2.24, 2.45) is 0 Å². The Labute approximate surface area is 316 Å². The maximum atomic E-state index is 4.94. The number of benzene rings is 6. The molecule has 51 heavy (non-hydrogen) atoms. The molecule has 0 saturated carbocycles. The molecule has 1 aliphatic heterocycles. The van der Waals surface area contributed by atoms with Crippen LogP contribution in [0.4, 0.5) is 0 Å². The van der Waals surface area contributed by atoms with E-state index in [1.54, 1.807) is 6.08 Å². The van der Waals surface area contributed by atoms with Crippen LogP contribution in [-0.4, -0.2) is 19.4 Å². The molecule has 0 unspecified atom stereocenters. The Morgan fingerprint density at radius 1 is 0.510 bits per heavy atom. The molecule has 1 nitrogen and oxygen atoms in total. The fourth-order valence-corrected chi connectivity index (χ4v) is 12.1. The first kappa shape index (κ1) is 41.3. The van der Waals surface area contributed by atoms with Crippen molar-refractivity contribution in [1.29, 1.82) is 0 Å². The lowest BCUT2D eigenvalue weighted by atomic mass is 10.4. The molecule has 0 spiro atoms. The second kappa shape index (κ2) is 24.9. The number of rotatable bonds is 7. The van der Waals surface area contributed by atoms with Gasteiger partial charge in [0, 0.05) is 17.5 Å². The summed E-state index contributed by atoms with van der Waals surface area (Å²) in [4.78, 5) is 0. The van der Waals surface area contributed by atoms with Crippen molar-refractivity contribution in [3.8, 4) is 0 Å². The molecule has 3 heteroatoms. The van der Waals surface area contributed by atoms with E-state index in [0.29, 0.717) is 0 Å². The summed E-state index contributed by atoms with van der Waals surface area (Å²) in [5.41, 5.74) is 0. The molecular weight excluding hydrogens is 654 g/mol. The van der Waals surface area contributed by atoms with Gasteiger partial charge in [-0.2, -0.15) is 0 Å². The van der Waals surface area contributed by atoms with E-state index < -0.39 is 15.2 Å². The first-order valence-electron chi connectivity index (χ1n) is 18.3. The Morgan fingerprint density at radius 2 is 0.745 bits per heavy atom. The van der Waals surface area contributed by atoms with Gasteiger partial charge in [0.1, 0.15) is 23.2 Å². The van der Waals surface area contributed by atoms with Gasteiger partial charge in [0.2, 0.25) is 0 Å². The lowest BCUT2D eigenvalue weighted by molar-refractivity contribution is 0.198. The normalized spacial score (nSPS) is 11.5. The topological polar surface area (TPSA) is 9.23 Å². The van der Waals surface area contributed by atoms with E-state index in [9.17, 15) is 0 Å². The molecule has 1 aliphatic rings. The van der Waals surface area contributed by atoms with Gasteiger partial charge in [0.15, 0.2) is 0 Å². The van der Waals surface area contributed by atoms with Crippen LogP contribution >= 0.6 is 15.2 Å². The average Bonchev–Trinajstić information content (AvgIpc) is 3.80. The van der Waals surface area contributed by atoms with Crippen molar-refractivity contribution in [2.75, 3.05) is 19.4 Å². The molecule has 1 saturated heterocycles. The zero-order valence-corrected chi connectivity index (χ0v) is 32.9. The summed E-state index contributed by atoms with van der Waals surface area (Å²) in [6.45, 7) is 13.8. The number of allylic oxidation sites excluding steroid dienone is 1. The molecule has 0 atom stereocenters. The fraction of sp³-hybridized carbons (Fsp3) is 0.208. The second-order valence-electron chi connectivity index (χ2n) is 11.9. The molecule has 6 aromatic carbocycles. The highest BCUT2D eigenvalue weighted by Gasteiger charge is 2.43. The number of hydrogen-bond donors (Lipinski definition) is 0. The van der Waals surface area contributed by atoms with Gasteiger partial charge in [-0.1, -0.05) is 172 Å². The van der Waals surface area contributed by atoms with Gasteiger partial charge in [-0.25, -0.2) is 0 Å². The van der Waals surface area contributed by atoms with Crippen LogP contribution < -0.4 is 31.8 Å². The highest BCUT2D eigenvalue weighted by molar-refractivity contribution is 7.95. The van der Waals surface area contributed by atoms with E-state index in [-0.39, 0.29) is 4.28 Å². The molecule has 0 amide bonds. The highest BCUT2D eigenvalue weighted by atomic mass is 31.2. The molecule has 1 heterocycles. The van der Waals surface area contributed by atoms with E-state index in [4.69, 9.17) is 4.74 Å². The molecule has 7 rings (SSSR count). The van der Waals surface area contributed by atoms with Crippen molar-refractivity contribution < 1.29 is 9.02 Å². The quantitative estimate of drug-likeness (QED) is 0.118. The van der Waals surface area contributed by atoms with Crippen molar-refractivity contribution >= 4 is 47.0 Å². The van der Waals surface area contributed by atoms with Crippen LogP contribution in [0.5, 0.6) is 0 Å². The Bertz CT molecular complexity index is 1510. The fourth-order valence-electron chi connectivity index (χ4n) is 5.73. The minimum Gasteiger partial charge on any atom is -0.381 e.